The van der Waals surface area contributed by atoms with Crippen LogP contribution >= 0.6 is 11.8 Å². The number of pyridine rings is 1. The Morgan fingerprint density at radius 2 is 1.91 bits per heavy atom. The topological polar surface area (TPSA) is 39.2 Å². The predicted molar refractivity (Wildman–Crippen MR) is 75.0 cm³/mol. The van der Waals surface area contributed by atoms with Crippen molar-refractivity contribution in [1.29, 1.82) is 0 Å². The van der Waals surface area contributed by atoms with Crippen LogP contribution in [0.25, 0.3) is 0 Å². The van der Waals surface area contributed by atoms with Gasteiger partial charge in [-0.2, -0.15) is 22.5 Å². The van der Waals surface area contributed by atoms with E-state index in [0.29, 0.717) is 5.56 Å². The van der Waals surface area contributed by atoms with E-state index in [1.54, 1.807) is 6.07 Å². The lowest BCUT2D eigenvalue weighted by Gasteiger charge is -2.11. The Morgan fingerprint density at radius 1 is 1.17 bits per heavy atom. The van der Waals surface area contributed by atoms with Crippen molar-refractivity contribution in [3.63, 3.8) is 0 Å². The van der Waals surface area contributed by atoms with Crippen molar-refractivity contribution >= 4 is 17.5 Å². The van der Waals surface area contributed by atoms with Crippen LogP contribution in [-0.4, -0.2) is 22.4 Å². The van der Waals surface area contributed by atoms with E-state index in [2.05, 4.69) is 4.98 Å². The Bertz CT molecular complexity index is 763. The summed E-state index contributed by atoms with van der Waals surface area (Å²) in [6.07, 6.45) is -0.882. The largest absolute Gasteiger partial charge is 0.466 e. The number of ether oxygens (including phenoxy) is 1. The second-order valence-electron chi connectivity index (χ2n) is 4.81. The molecule has 8 heteroatoms. The molecule has 1 heterocycles. The summed E-state index contributed by atoms with van der Waals surface area (Å²) in [6.45, 7) is 0. The van der Waals surface area contributed by atoms with E-state index in [0.717, 1.165) is 6.07 Å². The van der Waals surface area contributed by atoms with Gasteiger partial charge in [-0.25, -0.2) is 0 Å². The molecule has 3 rings (SSSR count). The van der Waals surface area contributed by atoms with Gasteiger partial charge in [-0.3, -0.25) is 4.79 Å². The van der Waals surface area contributed by atoms with E-state index >= 15 is 0 Å². The van der Waals surface area contributed by atoms with Crippen LogP contribution in [0.3, 0.4) is 0 Å². The predicted octanol–water partition coefficient (Wildman–Crippen LogP) is 4.02. The molecule has 0 amide bonds. The molecule has 0 fully saturated rings. The number of rotatable bonds is 3. The van der Waals surface area contributed by atoms with Crippen molar-refractivity contribution in [1.82, 2.24) is 4.98 Å². The lowest BCUT2D eigenvalue weighted by Crippen LogP contribution is -2.24. The summed E-state index contributed by atoms with van der Waals surface area (Å²) in [7, 11) is 0. The molecule has 3 nitrogen and oxygen atoms in total. The molecule has 0 bridgehead atoms. The van der Waals surface area contributed by atoms with E-state index in [4.69, 9.17) is 4.74 Å². The van der Waals surface area contributed by atoms with E-state index in [9.17, 15) is 22.4 Å². The monoisotopic (exact) mass is 343 g/mol. The number of thioether (sulfide) groups is 1. The number of ketones is 1. The van der Waals surface area contributed by atoms with Gasteiger partial charge in [0.2, 0.25) is 17.6 Å². The first-order chi connectivity index (χ1) is 10.8. The van der Waals surface area contributed by atoms with Crippen LogP contribution in [-0.2, 0) is 6.42 Å². The maximum atomic E-state index is 13.0. The zero-order valence-electron chi connectivity index (χ0n) is 11.4. The van der Waals surface area contributed by atoms with Gasteiger partial charge in [0.15, 0.2) is 6.10 Å². The smallest absolute Gasteiger partial charge is 0.446 e. The summed E-state index contributed by atoms with van der Waals surface area (Å²) in [5, 5.41) is 0. The van der Waals surface area contributed by atoms with Crippen LogP contribution in [0, 0.1) is 5.95 Å². The molecule has 0 aliphatic heterocycles. The van der Waals surface area contributed by atoms with E-state index in [1.807, 2.05) is 0 Å². The molecule has 1 aliphatic rings. The van der Waals surface area contributed by atoms with Crippen molar-refractivity contribution in [2.24, 2.45) is 0 Å². The fourth-order valence-electron chi connectivity index (χ4n) is 2.39. The first kappa shape index (κ1) is 15.8. The fourth-order valence-corrected chi connectivity index (χ4v) is 3.12. The molecule has 0 spiro atoms. The van der Waals surface area contributed by atoms with Gasteiger partial charge < -0.3 is 4.74 Å². The van der Waals surface area contributed by atoms with Crippen molar-refractivity contribution in [3.8, 4) is 5.88 Å². The third-order valence-corrected chi connectivity index (χ3v) is 4.03. The fraction of sp³-hybridized carbons (Fsp3) is 0.200. The molecule has 1 aromatic heterocycles. The SMILES string of the molecule is O=C1c2c(cccc2SC(F)(F)F)CC1Oc1cccc(F)n1. The van der Waals surface area contributed by atoms with E-state index in [1.165, 1.54) is 24.3 Å². The van der Waals surface area contributed by atoms with Crippen LogP contribution in [0.15, 0.2) is 41.3 Å². The highest BCUT2D eigenvalue weighted by atomic mass is 32.2. The number of aromatic nitrogens is 1. The molecule has 120 valence electrons. The van der Waals surface area contributed by atoms with Gasteiger partial charge in [0.25, 0.3) is 0 Å². The van der Waals surface area contributed by atoms with Gasteiger partial charge in [-0.1, -0.05) is 18.2 Å². The van der Waals surface area contributed by atoms with Gasteiger partial charge in [0.1, 0.15) is 0 Å². The Balaban J connectivity index is 1.86. The van der Waals surface area contributed by atoms with Crippen LogP contribution in [0.4, 0.5) is 17.6 Å². The first-order valence-corrected chi connectivity index (χ1v) is 7.36. The maximum Gasteiger partial charge on any atom is 0.446 e. The molecule has 1 unspecified atom stereocenters. The molecular formula is C15H9F4NO2S. The summed E-state index contributed by atoms with van der Waals surface area (Å²) in [5.74, 6) is -1.40. The summed E-state index contributed by atoms with van der Waals surface area (Å²) in [6, 6.07) is 8.16. The lowest BCUT2D eigenvalue weighted by atomic mass is 10.1. The molecule has 0 saturated heterocycles. The van der Waals surface area contributed by atoms with Crippen LogP contribution in [0.5, 0.6) is 5.88 Å². The summed E-state index contributed by atoms with van der Waals surface area (Å²) < 4.78 is 56.2. The average Bonchev–Trinajstić information content (AvgIpc) is 2.75. The average molecular weight is 343 g/mol. The first-order valence-electron chi connectivity index (χ1n) is 6.54. The number of hydrogen-bond donors (Lipinski definition) is 0. The van der Waals surface area contributed by atoms with Gasteiger partial charge in [0, 0.05) is 22.9 Å². The number of benzene rings is 1. The molecule has 1 aliphatic carbocycles. The Hall–Kier alpha value is -2.09. The third kappa shape index (κ3) is 3.47. The number of carbonyl (C=O) groups excluding carboxylic acids is 1. The molecule has 1 atom stereocenters. The highest BCUT2D eigenvalue weighted by Crippen LogP contribution is 2.41. The normalized spacial score (nSPS) is 17.2. The Labute approximate surface area is 132 Å². The number of nitrogens with zero attached hydrogens (tertiary/aromatic N) is 1. The number of fused-ring (bicyclic) bond motifs is 1. The summed E-state index contributed by atoms with van der Waals surface area (Å²) in [5.41, 5.74) is -4.00. The Kier molecular flexibility index (Phi) is 4.01. The number of carbonyl (C=O) groups is 1. The number of Topliss-reactive ketones (excluding diaryl/α,β-unsaturated/α-hetero) is 1. The maximum absolute atomic E-state index is 13.0. The molecule has 23 heavy (non-hydrogen) atoms. The summed E-state index contributed by atoms with van der Waals surface area (Å²) in [4.78, 5) is 15.7. The molecule has 0 saturated carbocycles. The standard InChI is InChI=1S/C15H9F4NO2S/c16-11-5-2-6-12(20-11)22-9-7-8-3-1-4-10(13(8)14(9)21)23-15(17,18)19/h1-6,9H,7H2. The van der Waals surface area contributed by atoms with Crippen molar-refractivity contribution in [2.75, 3.05) is 0 Å². The second kappa shape index (κ2) is 5.84. The van der Waals surface area contributed by atoms with Crippen LogP contribution < -0.4 is 4.74 Å². The minimum atomic E-state index is -4.49. The van der Waals surface area contributed by atoms with E-state index < -0.39 is 23.3 Å². The molecule has 0 radical (unpaired) electrons. The molecule has 1 aromatic carbocycles. The Morgan fingerprint density at radius 3 is 2.61 bits per heavy atom. The highest BCUT2D eigenvalue weighted by Gasteiger charge is 2.38. The van der Waals surface area contributed by atoms with Gasteiger partial charge in [0.05, 0.1) is 0 Å². The number of halogens is 4. The molecular weight excluding hydrogens is 334 g/mol. The highest BCUT2D eigenvalue weighted by molar-refractivity contribution is 8.00. The minimum Gasteiger partial charge on any atom is -0.466 e. The molecule has 0 N–H and O–H groups in total. The minimum absolute atomic E-state index is 0.0104. The summed E-state index contributed by atoms with van der Waals surface area (Å²) >= 11 is -0.331. The zero-order chi connectivity index (χ0) is 16.6. The number of hydrogen-bond acceptors (Lipinski definition) is 4. The molecule has 2 aromatic rings. The van der Waals surface area contributed by atoms with Crippen molar-refractivity contribution in [3.05, 3.63) is 53.5 Å². The third-order valence-electron chi connectivity index (χ3n) is 3.23. The van der Waals surface area contributed by atoms with Gasteiger partial charge in [-0.15, -0.1) is 0 Å². The zero-order valence-corrected chi connectivity index (χ0v) is 12.2. The van der Waals surface area contributed by atoms with Gasteiger partial charge >= 0.3 is 5.51 Å². The second-order valence-corrected chi connectivity index (χ2v) is 5.92. The van der Waals surface area contributed by atoms with Crippen LogP contribution in [0.1, 0.15) is 15.9 Å². The van der Waals surface area contributed by atoms with Crippen molar-refractivity contribution < 1.29 is 27.1 Å². The lowest BCUT2D eigenvalue weighted by molar-refractivity contribution is -0.0328. The van der Waals surface area contributed by atoms with Crippen LogP contribution in [0.2, 0.25) is 0 Å². The van der Waals surface area contributed by atoms with Crippen molar-refractivity contribution in [2.45, 2.75) is 22.9 Å². The van der Waals surface area contributed by atoms with E-state index in [-0.39, 0.29) is 34.5 Å². The van der Waals surface area contributed by atoms with Gasteiger partial charge in [-0.05, 0) is 29.5 Å². The number of alkyl halides is 3. The quantitative estimate of drug-likeness (QED) is 0.479.